The van der Waals surface area contributed by atoms with E-state index >= 15 is 0 Å². The molecule has 0 spiro atoms. The number of fused-ring (bicyclic) bond motifs is 5. The van der Waals surface area contributed by atoms with E-state index in [4.69, 9.17) is 4.74 Å². The van der Waals surface area contributed by atoms with Crippen molar-refractivity contribution in [2.75, 3.05) is 4.90 Å². The molecule has 5 rings (SSSR count). The fourth-order valence-electron chi connectivity index (χ4n) is 4.83. The minimum Gasteiger partial charge on any atom is -0.457 e. The molecule has 2 aliphatic carbocycles. The third-order valence-corrected chi connectivity index (χ3v) is 6.55. The van der Waals surface area contributed by atoms with E-state index in [1.54, 1.807) is 24.3 Å². The number of halogens is 1. The highest BCUT2D eigenvalue weighted by molar-refractivity contribution is 9.10. The second kappa shape index (κ2) is 6.06. The van der Waals surface area contributed by atoms with Gasteiger partial charge in [0.15, 0.2) is 0 Å². The number of imide groups is 1. The number of hydrogen-bond acceptors (Lipinski definition) is 3. The number of carbonyl (C=O) groups is 2. The third-order valence-electron chi connectivity index (χ3n) is 6.02. The van der Waals surface area contributed by atoms with Crippen LogP contribution in [0.25, 0.3) is 0 Å². The molecule has 2 amide bonds. The molecule has 2 bridgehead atoms. The predicted octanol–water partition coefficient (Wildman–Crippen LogP) is 4.94. The molecule has 2 aromatic rings. The van der Waals surface area contributed by atoms with Crippen molar-refractivity contribution in [3.05, 3.63) is 64.7 Å². The molecular formula is C22H18BrNO3. The van der Waals surface area contributed by atoms with Crippen LogP contribution in [0.5, 0.6) is 11.5 Å². The summed E-state index contributed by atoms with van der Waals surface area (Å²) in [6.07, 6.45) is 3.14. The highest BCUT2D eigenvalue weighted by Gasteiger charge is 2.60. The quantitative estimate of drug-likeness (QED) is 0.518. The van der Waals surface area contributed by atoms with E-state index in [0.29, 0.717) is 11.4 Å². The number of hydrogen-bond donors (Lipinski definition) is 0. The molecule has 0 radical (unpaired) electrons. The van der Waals surface area contributed by atoms with Gasteiger partial charge < -0.3 is 4.74 Å². The van der Waals surface area contributed by atoms with E-state index in [1.165, 1.54) is 10.5 Å². The first kappa shape index (κ1) is 16.8. The van der Waals surface area contributed by atoms with Crippen LogP contribution >= 0.6 is 15.9 Å². The number of benzene rings is 2. The summed E-state index contributed by atoms with van der Waals surface area (Å²) in [7, 11) is 0. The van der Waals surface area contributed by atoms with E-state index in [-0.39, 0.29) is 35.5 Å². The molecule has 136 valence electrons. The lowest BCUT2D eigenvalue weighted by Gasteiger charge is -2.19. The fraction of sp³-hybridized carbons (Fsp3) is 0.273. The van der Waals surface area contributed by atoms with Gasteiger partial charge in [0.25, 0.3) is 0 Å². The molecular weight excluding hydrogens is 406 g/mol. The van der Waals surface area contributed by atoms with Crippen molar-refractivity contribution in [3.63, 3.8) is 0 Å². The molecule has 0 aromatic heterocycles. The largest absolute Gasteiger partial charge is 0.457 e. The Hall–Kier alpha value is -2.40. The first-order chi connectivity index (χ1) is 13.0. The molecule has 5 heteroatoms. The number of amides is 2. The maximum absolute atomic E-state index is 13.0. The number of anilines is 1. The number of nitrogens with zero attached hydrogens (tertiary/aromatic N) is 1. The van der Waals surface area contributed by atoms with Crippen LogP contribution in [-0.4, -0.2) is 11.8 Å². The van der Waals surface area contributed by atoms with Gasteiger partial charge in [-0.3, -0.25) is 14.5 Å². The van der Waals surface area contributed by atoms with Gasteiger partial charge in [0.05, 0.1) is 17.5 Å². The zero-order chi connectivity index (χ0) is 18.7. The van der Waals surface area contributed by atoms with Crippen LogP contribution in [0.1, 0.15) is 13.3 Å². The van der Waals surface area contributed by atoms with Crippen LogP contribution in [0.2, 0.25) is 0 Å². The summed E-state index contributed by atoms with van der Waals surface area (Å²) < 4.78 is 6.81. The summed E-state index contributed by atoms with van der Waals surface area (Å²) in [4.78, 5) is 27.3. The van der Waals surface area contributed by atoms with Crippen molar-refractivity contribution in [1.29, 1.82) is 0 Å². The van der Waals surface area contributed by atoms with Crippen LogP contribution in [0.4, 0.5) is 5.69 Å². The Morgan fingerprint density at radius 3 is 2.19 bits per heavy atom. The van der Waals surface area contributed by atoms with E-state index in [9.17, 15) is 9.59 Å². The van der Waals surface area contributed by atoms with Gasteiger partial charge in [0.1, 0.15) is 11.5 Å². The average molecular weight is 424 g/mol. The van der Waals surface area contributed by atoms with E-state index in [1.807, 2.05) is 24.3 Å². The lowest BCUT2D eigenvalue weighted by Crippen LogP contribution is -2.32. The Bertz CT molecular complexity index is 964. The SMILES string of the molecule is CC1=C[C@@H]2C[C@@H]1[C@H]1C(=O)N(c3ccc(Oc4ccc(Br)cc4)cc3)C(=O)[C@@H]12. The number of allylic oxidation sites excluding steroid dienone is 2. The monoisotopic (exact) mass is 423 g/mol. The van der Waals surface area contributed by atoms with Gasteiger partial charge >= 0.3 is 0 Å². The Morgan fingerprint density at radius 1 is 0.926 bits per heavy atom. The summed E-state index contributed by atoms with van der Waals surface area (Å²) in [5, 5.41) is 0. The van der Waals surface area contributed by atoms with Gasteiger partial charge in [-0.05, 0) is 73.7 Å². The second-order valence-electron chi connectivity index (χ2n) is 7.53. The molecule has 0 N–H and O–H groups in total. The Kier molecular flexibility index (Phi) is 3.76. The molecule has 2 fully saturated rings. The van der Waals surface area contributed by atoms with Gasteiger partial charge in [-0.15, -0.1) is 0 Å². The number of rotatable bonds is 3. The molecule has 0 unspecified atom stereocenters. The van der Waals surface area contributed by atoms with Gasteiger partial charge in [0.2, 0.25) is 11.8 Å². The van der Waals surface area contributed by atoms with Crippen molar-refractivity contribution in [2.24, 2.45) is 23.7 Å². The standard InChI is InChI=1S/C22H18BrNO3/c1-12-10-13-11-18(12)20-19(13)21(25)24(22(20)26)15-4-8-17(9-5-15)27-16-6-2-14(23)3-7-16/h2-10,13,18-20H,11H2,1H3/t13-,18+,19-,20-/m1/s1. The van der Waals surface area contributed by atoms with Crippen LogP contribution in [0, 0.1) is 23.7 Å². The molecule has 4 nitrogen and oxygen atoms in total. The van der Waals surface area contributed by atoms with Crippen molar-refractivity contribution >= 4 is 33.4 Å². The molecule has 1 saturated heterocycles. The smallest absolute Gasteiger partial charge is 0.238 e. The van der Waals surface area contributed by atoms with Crippen LogP contribution in [0.3, 0.4) is 0 Å². The summed E-state index contributed by atoms with van der Waals surface area (Å²) in [5.74, 6) is 1.40. The van der Waals surface area contributed by atoms with Gasteiger partial charge in [-0.2, -0.15) is 0 Å². The maximum atomic E-state index is 13.0. The van der Waals surface area contributed by atoms with E-state index < -0.39 is 0 Å². The minimum absolute atomic E-state index is 0.0495. The predicted molar refractivity (Wildman–Crippen MR) is 105 cm³/mol. The van der Waals surface area contributed by atoms with Crippen molar-refractivity contribution < 1.29 is 14.3 Å². The van der Waals surface area contributed by atoms with Crippen molar-refractivity contribution in [2.45, 2.75) is 13.3 Å². The topological polar surface area (TPSA) is 46.6 Å². The summed E-state index contributed by atoms with van der Waals surface area (Å²) in [6, 6.07) is 14.7. The zero-order valence-electron chi connectivity index (χ0n) is 14.8. The highest BCUT2D eigenvalue weighted by Crippen LogP contribution is 2.55. The Balaban J connectivity index is 1.37. The zero-order valence-corrected chi connectivity index (χ0v) is 16.3. The maximum Gasteiger partial charge on any atom is 0.238 e. The average Bonchev–Trinajstić information content (AvgIpc) is 3.29. The Labute approximate surface area is 165 Å². The lowest BCUT2D eigenvalue weighted by molar-refractivity contribution is -0.123. The first-order valence-electron chi connectivity index (χ1n) is 9.12. The number of ether oxygens (including phenoxy) is 1. The molecule has 3 aliphatic rings. The van der Waals surface area contributed by atoms with Crippen LogP contribution < -0.4 is 9.64 Å². The van der Waals surface area contributed by atoms with Gasteiger partial charge in [-0.25, -0.2) is 0 Å². The van der Waals surface area contributed by atoms with E-state index in [0.717, 1.165) is 16.6 Å². The van der Waals surface area contributed by atoms with Crippen LogP contribution in [-0.2, 0) is 9.59 Å². The normalized spacial score (nSPS) is 28.5. The summed E-state index contributed by atoms with van der Waals surface area (Å²) in [6.45, 7) is 2.08. The third kappa shape index (κ3) is 2.56. The highest BCUT2D eigenvalue weighted by atomic mass is 79.9. The molecule has 1 aliphatic heterocycles. The minimum atomic E-state index is -0.176. The van der Waals surface area contributed by atoms with Gasteiger partial charge in [0, 0.05) is 4.47 Å². The molecule has 27 heavy (non-hydrogen) atoms. The molecule has 1 heterocycles. The molecule has 1 saturated carbocycles. The fourth-order valence-corrected chi connectivity index (χ4v) is 5.10. The molecule has 2 aromatic carbocycles. The summed E-state index contributed by atoms with van der Waals surface area (Å²) >= 11 is 3.40. The van der Waals surface area contributed by atoms with Crippen molar-refractivity contribution in [1.82, 2.24) is 0 Å². The van der Waals surface area contributed by atoms with Gasteiger partial charge in [-0.1, -0.05) is 27.6 Å². The summed E-state index contributed by atoms with van der Waals surface area (Å²) in [5.41, 5.74) is 1.89. The first-order valence-corrected chi connectivity index (χ1v) is 9.92. The second-order valence-corrected chi connectivity index (χ2v) is 8.45. The lowest BCUT2D eigenvalue weighted by atomic mass is 9.82. The Morgan fingerprint density at radius 2 is 1.52 bits per heavy atom. The van der Waals surface area contributed by atoms with Crippen molar-refractivity contribution in [3.8, 4) is 11.5 Å². The van der Waals surface area contributed by atoms with E-state index in [2.05, 4.69) is 28.9 Å². The molecule has 4 atom stereocenters. The van der Waals surface area contributed by atoms with Crippen LogP contribution in [0.15, 0.2) is 64.7 Å². The number of carbonyl (C=O) groups excluding carboxylic acids is 2.